The molecule has 3 rings (SSSR count). The molecule has 2 aromatic rings. The third kappa shape index (κ3) is 2.77. The summed E-state index contributed by atoms with van der Waals surface area (Å²) in [5.74, 6) is 0.237. The zero-order valence-corrected chi connectivity index (χ0v) is 12.1. The van der Waals surface area contributed by atoms with Crippen LogP contribution in [-0.4, -0.2) is 16.1 Å². The summed E-state index contributed by atoms with van der Waals surface area (Å²) in [5.41, 5.74) is 10.1. The predicted octanol–water partition coefficient (Wildman–Crippen LogP) is 2.36. The Morgan fingerprint density at radius 3 is 2.76 bits per heavy atom. The largest absolute Gasteiger partial charge is 0.395 e. The van der Waals surface area contributed by atoms with E-state index >= 15 is 0 Å². The van der Waals surface area contributed by atoms with E-state index in [1.54, 1.807) is 0 Å². The summed E-state index contributed by atoms with van der Waals surface area (Å²) in [6.07, 6.45) is 3.19. The number of H-pyrrole nitrogens is 1. The standard InChI is InChI=1S/C16H20N4O/c1-2-10-5-3-4-6-12(10)9-18-16(21)15-13(17)14(19-20-15)11-7-8-11/h3-6,11H,2,7-9,17H2,1H3,(H,18,21)(H,19,20). The first kappa shape index (κ1) is 13.7. The van der Waals surface area contributed by atoms with Crippen LogP contribution in [0.1, 0.15) is 53.0 Å². The number of aromatic amines is 1. The fourth-order valence-electron chi connectivity index (χ4n) is 2.55. The fraction of sp³-hybridized carbons (Fsp3) is 0.375. The van der Waals surface area contributed by atoms with Gasteiger partial charge in [-0.15, -0.1) is 0 Å². The highest BCUT2D eigenvalue weighted by molar-refractivity contribution is 5.97. The summed E-state index contributed by atoms with van der Waals surface area (Å²) in [7, 11) is 0. The Morgan fingerprint density at radius 2 is 2.10 bits per heavy atom. The van der Waals surface area contributed by atoms with E-state index in [2.05, 4.69) is 28.5 Å². The van der Waals surface area contributed by atoms with Crippen LogP contribution in [0, 0.1) is 0 Å². The van der Waals surface area contributed by atoms with Crippen LogP contribution >= 0.6 is 0 Å². The number of amides is 1. The van der Waals surface area contributed by atoms with Crippen molar-refractivity contribution in [3.05, 3.63) is 46.8 Å². The number of nitrogens with one attached hydrogen (secondary N) is 2. The van der Waals surface area contributed by atoms with Crippen LogP contribution in [-0.2, 0) is 13.0 Å². The lowest BCUT2D eigenvalue weighted by Gasteiger charge is -2.08. The van der Waals surface area contributed by atoms with E-state index in [0.717, 1.165) is 30.5 Å². The van der Waals surface area contributed by atoms with E-state index in [0.29, 0.717) is 23.8 Å². The van der Waals surface area contributed by atoms with Gasteiger partial charge in [0, 0.05) is 12.5 Å². The summed E-state index contributed by atoms with van der Waals surface area (Å²) >= 11 is 0. The summed E-state index contributed by atoms with van der Waals surface area (Å²) < 4.78 is 0. The maximum absolute atomic E-state index is 12.2. The number of hydrogen-bond acceptors (Lipinski definition) is 3. The summed E-state index contributed by atoms with van der Waals surface area (Å²) in [5, 5.41) is 9.87. The number of benzene rings is 1. The quantitative estimate of drug-likeness (QED) is 0.788. The van der Waals surface area contributed by atoms with Gasteiger partial charge >= 0.3 is 0 Å². The molecule has 1 saturated carbocycles. The van der Waals surface area contributed by atoms with E-state index in [4.69, 9.17) is 5.73 Å². The van der Waals surface area contributed by atoms with Crippen LogP contribution in [0.5, 0.6) is 0 Å². The molecule has 5 nitrogen and oxygen atoms in total. The van der Waals surface area contributed by atoms with Crippen molar-refractivity contribution in [2.45, 2.75) is 38.6 Å². The molecule has 0 saturated heterocycles. The predicted molar refractivity (Wildman–Crippen MR) is 82.0 cm³/mol. The monoisotopic (exact) mass is 284 g/mol. The number of aryl methyl sites for hydroxylation is 1. The third-order valence-corrected chi connectivity index (χ3v) is 3.97. The number of nitrogen functional groups attached to an aromatic ring is 1. The van der Waals surface area contributed by atoms with E-state index in [1.807, 2.05) is 18.2 Å². The molecule has 1 heterocycles. The minimum Gasteiger partial charge on any atom is -0.395 e. The molecule has 1 aliphatic carbocycles. The molecule has 110 valence electrons. The average Bonchev–Trinajstić information content (AvgIpc) is 3.28. The van der Waals surface area contributed by atoms with E-state index in [1.165, 1.54) is 5.56 Å². The molecule has 0 unspecified atom stereocenters. The van der Waals surface area contributed by atoms with Crippen LogP contribution in [0.3, 0.4) is 0 Å². The molecule has 0 radical (unpaired) electrons. The molecular formula is C16H20N4O. The number of carbonyl (C=O) groups is 1. The maximum Gasteiger partial charge on any atom is 0.274 e. The molecule has 21 heavy (non-hydrogen) atoms. The van der Waals surface area contributed by atoms with Gasteiger partial charge in [0.15, 0.2) is 5.69 Å². The molecule has 1 amide bonds. The van der Waals surface area contributed by atoms with Crippen molar-refractivity contribution in [3.63, 3.8) is 0 Å². The van der Waals surface area contributed by atoms with Crippen molar-refractivity contribution < 1.29 is 4.79 Å². The van der Waals surface area contributed by atoms with Crippen molar-refractivity contribution in [1.82, 2.24) is 15.5 Å². The van der Waals surface area contributed by atoms with Gasteiger partial charge in [0.05, 0.1) is 11.4 Å². The van der Waals surface area contributed by atoms with Crippen LogP contribution in [0.4, 0.5) is 5.69 Å². The second-order valence-electron chi connectivity index (χ2n) is 5.48. The molecule has 0 spiro atoms. The van der Waals surface area contributed by atoms with Crippen LogP contribution in [0.15, 0.2) is 24.3 Å². The molecule has 0 atom stereocenters. The third-order valence-electron chi connectivity index (χ3n) is 3.97. The highest BCUT2D eigenvalue weighted by atomic mass is 16.1. The maximum atomic E-state index is 12.2. The Bertz CT molecular complexity index is 658. The zero-order chi connectivity index (χ0) is 14.8. The van der Waals surface area contributed by atoms with Gasteiger partial charge in [-0.1, -0.05) is 31.2 Å². The lowest BCUT2D eigenvalue weighted by Crippen LogP contribution is -2.24. The lowest BCUT2D eigenvalue weighted by atomic mass is 10.1. The number of nitrogens with zero attached hydrogens (tertiary/aromatic N) is 1. The number of carbonyl (C=O) groups excluding carboxylic acids is 1. The molecule has 0 bridgehead atoms. The Kier molecular flexibility index (Phi) is 3.64. The van der Waals surface area contributed by atoms with Crippen molar-refractivity contribution in [1.29, 1.82) is 0 Å². The normalized spacial score (nSPS) is 14.1. The van der Waals surface area contributed by atoms with Gasteiger partial charge in [-0.3, -0.25) is 9.89 Å². The number of rotatable bonds is 5. The molecule has 5 heteroatoms. The highest BCUT2D eigenvalue weighted by Crippen LogP contribution is 2.42. The fourth-order valence-corrected chi connectivity index (χ4v) is 2.55. The molecule has 4 N–H and O–H groups in total. The number of nitrogens with two attached hydrogens (primary N) is 1. The number of aromatic nitrogens is 2. The lowest BCUT2D eigenvalue weighted by molar-refractivity contribution is 0.0946. The molecule has 1 aliphatic rings. The molecular weight excluding hydrogens is 264 g/mol. The highest BCUT2D eigenvalue weighted by Gasteiger charge is 2.30. The first-order valence-corrected chi connectivity index (χ1v) is 7.39. The van der Waals surface area contributed by atoms with Crippen LogP contribution in [0.25, 0.3) is 0 Å². The number of hydrogen-bond donors (Lipinski definition) is 3. The van der Waals surface area contributed by atoms with Crippen molar-refractivity contribution in [2.24, 2.45) is 0 Å². The summed E-state index contributed by atoms with van der Waals surface area (Å²) in [4.78, 5) is 12.2. The molecule has 0 aliphatic heterocycles. The van der Waals surface area contributed by atoms with Gasteiger partial charge in [0.2, 0.25) is 0 Å². The molecule has 1 aromatic carbocycles. The topological polar surface area (TPSA) is 83.8 Å². The Balaban J connectivity index is 1.69. The molecule has 1 aromatic heterocycles. The minimum absolute atomic E-state index is 0.221. The van der Waals surface area contributed by atoms with Gasteiger partial charge < -0.3 is 11.1 Å². The van der Waals surface area contributed by atoms with E-state index < -0.39 is 0 Å². The second kappa shape index (κ2) is 5.60. The smallest absolute Gasteiger partial charge is 0.274 e. The van der Waals surface area contributed by atoms with E-state index in [9.17, 15) is 4.79 Å². The first-order chi connectivity index (χ1) is 10.2. The van der Waals surface area contributed by atoms with E-state index in [-0.39, 0.29) is 5.91 Å². The Hall–Kier alpha value is -2.30. The van der Waals surface area contributed by atoms with Gasteiger partial charge in [-0.05, 0) is 30.4 Å². The van der Waals surface area contributed by atoms with Crippen molar-refractivity contribution >= 4 is 11.6 Å². The van der Waals surface area contributed by atoms with Gasteiger partial charge in [-0.2, -0.15) is 5.10 Å². The van der Waals surface area contributed by atoms with Crippen molar-refractivity contribution in [3.8, 4) is 0 Å². The SMILES string of the molecule is CCc1ccccc1CNC(=O)c1n[nH]c(C2CC2)c1N. The first-order valence-electron chi connectivity index (χ1n) is 7.39. The van der Waals surface area contributed by atoms with Gasteiger partial charge in [0.1, 0.15) is 0 Å². The van der Waals surface area contributed by atoms with Crippen LogP contribution in [0.2, 0.25) is 0 Å². The van der Waals surface area contributed by atoms with Crippen LogP contribution < -0.4 is 11.1 Å². The minimum atomic E-state index is -0.221. The van der Waals surface area contributed by atoms with Gasteiger partial charge in [-0.25, -0.2) is 0 Å². The molecule has 1 fully saturated rings. The zero-order valence-electron chi connectivity index (χ0n) is 12.1. The van der Waals surface area contributed by atoms with Crippen molar-refractivity contribution in [2.75, 3.05) is 5.73 Å². The Morgan fingerprint density at radius 1 is 1.38 bits per heavy atom. The second-order valence-corrected chi connectivity index (χ2v) is 5.48. The van der Waals surface area contributed by atoms with Gasteiger partial charge in [0.25, 0.3) is 5.91 Å². The number of anilines is 1. The Labute approximate surface area is 123 Å². The average molecular weight is 284 g/mol. The summed E-state index contributed by atoms with van der Waals surface area (Å²) in [6.45, 7) is 2.60. The summed E-state index contributed by atoms with van der Waals surface area (Å²) in [6, 6.07) is 8.10.